The minimum atomic E-state index is -4.40. The fourth-order valence-corrected chi connectivity index (χ4v) is 3.65. The Hall–Kier alpha value is -1.31. The van der Waals surface area contributed by atoms with Gasteiger partial charge in [-0.15, -0.1) is 11.3 Å². The minimum Gasteiger partial charge on any atom is -0.346 e. The Morgan fingerprint density at radius 2 is 2.14 bits per heavy atom. The number of anilines is 1. The fraction of sp³-hybridized carbons (Fsp3) is 0.714. The van der Waals surface area contributed by atoms with Crippen molar-refractivity contribution < 1.29 is 18.0 Å². The number of carbonyl (C=O) groups is 1. The van der Waals surface area contributed by atoms with Gasteiger partial charge in [0.15, 0.2) is 10.8 Å². The Balaban J connectivity index is 1.67. The molecule has 22 heavy (non-hydrogen) atoms. The van der Waals surface area contributed by atoms with E-state index in [9.17, 15) is 18.0 Å². The molecule has 0 N–H and O–H groups in total. The quantitative estimate of drug-likeness (QED) is 0.853. The number of nitrogens with zero attached hydrogens (tertiary/aromatic N) is 3. The summed E-state index contributed by atoms with van der Waals surface area (Å²) in [5.41, 5.74) is -0.836. The van der Waals surface area contributed by atoms with Crippen LogP contribution in [0.15, 0.2) is 5.38 Å². The van der Waals surface area contributed by atoms with Gasteiger partial charge in [0, 0.05) is 37.5 Å². The van der Waals surface area contributed by atoms with E-state index in [0.29, 0.717) is 18.2 Å². The summed E-state index contributed by atoms with van der Waals surface area (Å²) in [5.74, 6) is 0.332. The van der Waals surface area contributed by atoms with Crippen LogP contribution in [0.4, 0.5) is 18.3 Å². The first-order chi connectivity index (χ1) is 10.4. The second kappa shape index (κ2) is 5.72. The SMILES string of the molecule is CN(C(=O)C1CC1)C1CCCN(c2nc(C(F)(F)F)cs2)C1. The number of piperidine rings is 1. The number of alkyl halides is 3. The van der Waals surface area contributed by atoms with Gasteiger partial charge in [0.1, 0.15) is 0 Å². The van der Waals surface area contributed by atoms with Crippen molar-refractivity contribution in [2.24, 2.45) is 5.92 Å². The van der Waals surface area contributed by atoms with Crippen LogP contribution in [0.25, 0.3) is 0 Å². The van der Waals surface area contributed by atoms with Crippen LogP contribution < -0.4 is 4.90 Å². The van der Waals surface area contributed by atoms with Gasteiger partial charge in [0.2, 0.25) is 5.91 Å². The number of likely N-dealkylation sites (N-methyl/N-ethyl adjacent to an activating group) is 1. The molecular weight excluding hydrogens is 315 g/mol. The Morgan fingerprint density at radius 1 is 1.41 bits per heavy atom. The van der Waals surface area contributed by atoms with Crippen molar-refractivity contribution in [3.8, 4) is 0 Å². The first kappa shape index (κ1) is 15.6. The molecule has 0 spiro atoms. The molecule has 1 unspecified atom stereocenters. The molecule has 1 aromatic heterocycles. The topological polar surface area (TPSA) is 36.4 Å². The third-order valence-corrected chi connectivity index (χ3v) is 5.17. The first-order valence-electron chi connectivity index (χ1n) is 7.40. The molecular formula is C14H18F3N3OS. The van der Waals surface area contributed by atoms with E-state index in [2.05, 4.69) is 4.98 Å². The van der Waals surface area contributed by atoms with Gasteiger partial charge in [0.05, 0.1) is 0 Å². The number of carbonyl (C=O) groups excluding carboxylic acids is 1. The fourth-order valence-electron chi connectivity index (χ4n) is 2.78. The molecule has 1 atom stereocenters. The molecule has 1 amide bonds. The van der Waals surface area contributed by atoms with Gasteiger partial charge in [-0.2, -0.15) is 13.2 Å². The van der Waals surface area contributed by atoms with Crippen molar-refractivity contribution in [3.63, 3.8) is 0 Å². The summed E-state index contributed by atoms with van der Waals surface area (Å²) >= 11 is 1.02. The van der Waals surface area contributed by atoms with E-state index < -0.39 is 11.9 Å². The van der Waals surface area contributed by atoms with Crippen LogP contribution in [-0.4, -0.2) is 42.0 Å². The largest absolute Gasteiger partial charge is 0.434 e. The molecule has 122 valence electrons. The summed E-state index contributed by atoms with van der Waals surface area (Å²) in [6, 6.07) is 0.0556. The summed E-state index contributed by atoms with van der Waals surface area (Å²) < 4.78 is 37.9. The highest BCUT2D eigenvalue weighted by atomic mass is 32.1. The Labute approximate surface area is 130 Å². The van der Waals surface area contributed by atoms with Crippen LogP contribution in [0.1, 0.15) is 31.4 Å². The average Bonchev–Trinajstić information content (AvgIpc) is 3.20. The lowest BCUT2D eigenvalue weighted by molar-refractivity contribution is -0.140. The lowest BCUT2D eigenvalue weighted by Crippen LogP contribution is -2.49. The van der Waals surface area contributed by atoms with Crippen LogP contribution in [0.3, 0.4) is 0 Å². The molecule has 1 aliphatic heterocycles. The zero-order chi connectivity index (χ0) is 15.9. The van der Waals surface area contributed by atoms with Crippen LogP contribution in [0.5, 0.6) is 0 Å². The van der Waals surface area contributed by atoms with Gasteiger partial charge in [0.25, 0.3) is 0 Å². The summed E-state index contributed by atoms with van der Waals surface area (Å²) in [7, 11) is 1.80. The molecule has 8 heteroatoms. The third-order valence-electron chi connectivity index (χ3n) is 4.27. The molecule has 1 saturated carbocycles. The van der Waals surface area contributed by atoms with E-state index in [1.54, 1.807) is 11.9 Å². The maximum Gasteiger partial charge on any atom is 0.434 e. The predicted molar refractivity (Wildman–Crippen MR) is 77.8 cm³/mol. The van der Waals surface area contributed by atoms with E-state index in [0.717, 1.165) is 42.4 Å². The summed E-state index contributed by atoms with van der Waals surface area (Å²) in [5, 5.41) is 1.45. The molecule has 0 aromatic carbocycles. The van der Waals surface area contributed by atoms with E-state index in [1.165, 1.54) is 0 Å². The maximum absolute atomic E-state index is 12.6. The summed E-state index contributed by atoms with van der Waals surface area (Å²) in [4.78, 5) is 19.5. The zero-order valence-electron chi connectivity index (χ0n) is 12.3. The van der Waals surface area contributed by atoms with E-state index in [1.807, 2.05) is 4.90 Å². The summed E-state index contributed by atoms with van der Waals surface area (Å²) in [6.45, 7) is 1.24. The number of rotatable bonds is 3. The molecule has 2 fully saturated rings. The van der Waals surface area contributed by atoms with Crippen LogP contribution >= 0.6 is 11.3 Å². The van der Waals surface area contributed by atoms with Gasteiger partial charge in [-0.25, -0.2) is 4.98 Å². The molecule has 1 aliphatic carbocycles. The predicted octanol–water partition coefficient (Wildman–Crippen LogP) is 3.00. The number of hydrogen-bond acceptors (Lipinski definition) is 4. The van der Waals surface area contributed by atoms with Crippen molar-refractivity contribution in [2.45, 2.75) is 37.9 Å². The number of halogens is 3. The Kier molecular flexibility index (Phi) is 4.05. The molecule has 0 bridgehead atoms. The molecule has 4 nitrogen and oxygen atoms in total. The Morgan fingerprint density at radius 3 is 2.73 bits per heavy atom. The maximum atomic E-state index is 12.6. The standard InChI is InChI=1S/C14H18F3N3OS/c1-19(12(21)9-4-5-9)10-3-2-6-20(7-10)13-18-11(8-22-13)14(15,16)17/h8-10H,2-7H2,1H3. The second-order valence-corrected chi connectivity index (χ2v) is 6.82. The molecule has 2 aliphatic rings. The smallest absolute Gasteiger partial charge is 0.346 e. The van der Waals surface area contributed by atoms with Crippen molar-refractivity contribution in [1.82, 2.24) is 9.88 Å². The van der Waals surface area contributed by atoms with E-state index in [4.69, 9.17) is 0 Å². The van der Waals surface area contributed by atoms with Crippen LogP contribution in [-0.2, 0) is 11.0 Å². The minimum absolute atomic E-state index is 0.0556. The van der Waals surface area contributed by atoms with Crippen LogP contribution in [0, 0.1) is 5.92 Å². The van der Waals surface area contributed by atoms with Crippen molar-refractivity contribution >= 4 is 22.4 Å². The first-order valence-corrected chi connectivity index (χ1v) is 8.28. The normalized spacial score (nSPS) is 22.7. The van der Waals surface area contributed by atoms with Gasteiger partial charge >= 0.3 is 6.18 Å². The molecule has 1 saturated heterocycles. The van der Waals surface area contributed by atoms with Crippen LogP contribution in [0.2, 0.25) is 0 Å². The third kappa shape index (κ3) is 3.21. The van der Waals surface area contributed by atoms with Crippen molar-refractivity contribution in [3.05, 3.63) is 11.1 Å². The molecule has 2 heterocycles. The lowest BCUT2D eigenvalue weighted by Gasteiger charge is -2.37. The second-order valence-electron chi connectivity index (χ2n) is 5.98. The number of thiazole rings is 1. The zero-order valence-corrected chi connectivity index (χ0v) is 13.1. The van der Waals surface area contributed by atoms with Gasteiger partial charge in [-0.05, 0) is 25.7 Å². The monoisotopic (exact) mass is 333 g/mol. The Bertz CT molecular complexity index is 556. The van der Waals surface area contributed by atoms with Crippen molar-refractivity contribution in [2.75, 3.05) is 25.0 Å². The molecule has 1 aromatic rings. The average molecular weight is 333 g/mol. The number of amides is 1. The highest BCUT2D eigenvalue weighted by Crippen LogP contribution is 2.35. The lowest BCUT2D eigenvalue weighted by atomic mass is 10.0. The highest BCUT2D eigenvalue weighted by Gasteiger charge is 2.37. The highest BCUT2D eigenvalue weighted by molar-refractivity contribution is 7.13. The van der Waals surface area contributed by atoms with Gasteiger partial charge < -0.3 is 9.80 Å². The molecule has 3 rings (SSSR count). The summed E-state index contributed by atoms with van der Waals surface area (Å²) in [6.07, 6.45) is -0.735. The van der Waals surface area contributed by atoms with Gasteiger partial charge in [-0.1, -0.05) is 0 Å². The van der Waals surface area contributed by atoms with E-state index in [-0.39, 0.29) is 17.9 Å². The van der Waals surface area contributed by atoms with Gasteiger partial charge in [-0.3, -0.25) is 4.79 Å². The van der Waals surface area contributed by atoms with E-state index >= 15 is 0 Å². The number of hydrogen-bond donors (Lipinski definition) is 0. The number of aromatic nitrogens is 1. The van der Waals surface area contributed by atoms with Crippen molar-refractivity contribution in [1.29, 1.82) is 0 Å². The molecule has 0 radical (unpaired) electrons.